The molecule has 1 aromatic carbocycles. The van der Waals surface area contributed by atoms with Crippen molar-refractivity contribution in [3.63, 3.8) is 0 Å². The molecule has 2 N–H and O–H groups in total. The van der Waals surface area contributed by atoms with Crippen molar-refractivity contribution in [2.24, 2.45) is 0 Å². The molecule has 1 aliphatic rings. The van der Waals surface area contributed by atoms with Crippen LogP contribution in [0.5, 0.6) is 0 Å². The third-order valence-electron chi connectivity index (χ3n) is 5.32. The van der Waals surface area contributed by atoms with Crippen LogP contribution in [0.4, 0.5) is 15.1 Å². The third kappa shape index (κ3) is 5.25. The molecule has 0 radical (unpaired) electrons. The van der Waals surface area contributed by atoms with Crippen molar-refractivity contribution in [2.75, 3.05) is 31.1 Å². The van der Waals surface area contributed by atoms with Gasteiger partial charge in [-0.05, 0) is 45.4 Å². The zero-order valence-electron chi connectivity index (χ0n) is 18.1. The number of rotatable bonds is 5. The average Bonchev–Trinajstić information content (AvgIpc) is 2.73. The van der Waals surface area contributed by atoms with Gasteiger partial charge in [0.15, 0.2) is 0 Å². The van der Waals surface area contributed by atoms with E-state index in [-0.39, 0.29) is 5.82 Å². The predicted molar refractivity (Wildman–Crippen MR) is 118 cm³/mol. The SMILES string of the molecule is CC(N[S@@+]([O-])C(C)(C)C)(c1ccc(F)cc1)c1cnc(N2CCN(C(=O)O)CC2)nc1. The second-order valence-corrected chi connectivity index (χ2v) is 10.6. The van der Waals surface area contributed by atoms with Crippen LogP contribution in [0.1, 0.15) is 38.8 Å². The van der Waals surface area contributed by atoms with E-state index in [1.807, 2.05) is 32.6 Å². The maximum Gasteiger partial charge on any atom is 0.407 e. The van der Waals surface area contributed by atoms with Gasteiger partial charge in [0.05, 0.1) is 0 Å². The molecule has 8 nitrogen and oxygen atoms in total. The number of nitrogens with zero attached hydrogens (tertiary/aromatic N) is 4. The van der Waals surface area contributed by atoms with Gasteiger partial charge in [-0.2, -0.15) is 0 Å². The number of hydrogen-bond acceptors (Lipinski definition) is 6. The Morgan fingerprint density at radius 2 is 1.61 bits per heavy atom. The molecular formula is C21H28FN5O3S. The van der Waals surface area contributed by atoms with E-state index in [2.05, 4.69) is 14.7 Å². The highest BCUT2D eigenvalue weighted by Crippen LogP contribution is 2.32. The van der Waals surface area contributed by atoms with Crippen LogP contribution in [-0.4, -0.2) is 61.5 Å². The van der Waals surface area contributed by atoms with Crippen LogP contribution >= 0.6 is 0 Å². The first-order valence-electron chi connectivity index (χ1n) is 10.0. The molecule has 0 bridgehead atoms. The summed E-state index contributed by atoms with van der Waals surface area (Å²) in [7, 11) is 0. The molecular weight excluding hydrogens is 421 g/mol. The smallest absolute Gasteiger partial charge is 0.407 e. The molecule has 2 atom stereocenters. The molecule has 1 saturated heterocycles. The van der Waals surface area contributed by atoms with Crippen LogP contribution in [0, 0.1) is 5.82 Å². The van der Waals surface area contributed by atoms with Gasteiger partial charge in [-0.15, -0.1) is 4.72 Å². The van der Waals surface area contributed by atoms with Crippen molar-refractivity contribution in [3.8, 4) is 0 Å². The Labute approximate surface area is 184 Å². The fraction of sp³-hybridized carbons (Fsp3) is 0.476. The minimum absolute atomic E-state index is 0.352. The minimum Gasteiger partial charge on any atom is -0.598 e. The van der Waals surface area contributed by atoms with Crippen molar-refractivity contribution >= 4 is 23.4 Å². The quantitative estimate of drug-likeness (QED) is 0.676. The average molecular weight is 450 g/mol. The van der Waals surface area contributed by atoms with Gasteiger partial charge in [-0.25, -0.2) is 19.2 Å². The summed E-state index contributed by atoms with van der Waals surface area (Å²) in [5.74, 6) is 0.155. The molecule has 1 amide bonds. The number of carboxylic acid groups (broad SMARTS) is 1. The number of piperazine rings is 1. The zero-order valence-corrected chi connectivity index (χ0v) is 18.9. The van der Waals surface area contributed by atoms with Crippen LogP contribution in [0.2, 0.25) is 0 Å². The first kappa shape index (κ1) is 23.2. The molecule has 1 aliphatic heterocycles. The number of anilines is 1. The number of benzene rings is 1. The van der Waals surface area contributed by atoms with Gasteiger partial charge in [-0.1, -0.05) is 12.1 Å². The monoisotopic (exact) mass is 449 g/mol. The lowest BCUT2D eigenvalue weighted by Crippen LogP contribution is -2.51. The normalized spacial score (nSPS) is 17.9. The Balaban J connectivity index is 1.87. The molecule has 0 saturated carbocycles. The molecule has 2 aromatic rings. The fourth-order valence-electron chi connectivity index (χ4n) is 3.25. The molecule has 10 heteroatoms. The number of amides is 1. The molecule has 168 valence electrons. The lowest BCUT2D eigenvalue weighted by atomic mass is 9.87. The van der Waals surface area contributed by atoms with Crippen LogP contribution in [0.15, 0.2) is 36.7 Å². The predicted octanol–water partition coefficient (Wildman–Crippen LogP) is 2.73. The highest BCUT2D eigenvalue weighted by atomic mass is 32.2. The Kier molecular flexibility index (Phi) is 6.73. The van der Waals surface area contributed by atoms with Gasteiger partial charge in [-0.3, -0.25) is 0 Å². The molecule has 2 heterocycles. The van der Waals surface area contributed by atoms with Crippen LogP contribution in [0.3, 0.4) is 0 Å². The second kappa shape index (κ2) is 8.97. The Bertz CT molecular complexity index is 899. The number of carbonyl (C=O) groups is 1. The van der Waals surface area contributed by atoms with E-state index in [0.717, 1.165) is 5.56 Å². The maximum atomic E-state index is 13.5. The molecule has 1 unspecified atom stereocenters. The largest absolute Gasteiger partial charge is 0.598 e. The first-order chi connectivity index (χ1) is 14.5. The van der Waals surface area contributed by atoms with Crippen molar-refractivity contribution in [1.82, 2.24) is 19.6 Å². The summed E-state index contributed by atoms with van der Waals surface area (Å²) in [5, 5.41) is 9.10. The minimum atomic E-state index is -1.40. The van der Waals surface area contributed by atoms with Crippen molar-refractivity contribution in [2.45, 2.75) is 38.0 Å². The van der Waals surface area contributed by atoms with Gasteiger partial charge in [0.1, 0.15) is 16.1 Å². The fourth-order valence-corrected chi connectivity index (χ4v) is 4.16. The second-order valence-electron chi connectivity index (χ2n) is 8.64. The summed E-state index contributed by atoms with van der Waals surface area (Å²) in [6.45, 7) is 9.28. The highest BCUT2D eigenvalue weighted by molar-refractivity contribution is 7.90. The van der Waals surface area contributed by atoms with E-state index < -0.39 is 27.7 Å². The van der Waals surface area contributed by atoms with E-state index >= 15 is 0 Å². The zero-order chi connectivity index (χ0) is 22.8. The number of nitrogens with one attached hydrogen (secondary N) is 1. The highest BCUT2D eigenvalue weighted by Gasteiger charge is 2.39. The topological polar surface area (TPSA) is 105 Å². The van der Waals surface area contributed by atoms with Crippen LogP contribution in [0.25, 0.3) is 0 Å². The van der Waals surface area contributed by atoms with E-state index in [1.54, 1.807) is 24.5 Å². The van der Waals surface area contributed by atoms with Crippen molar-refractivity contribution < 1.29 is 18.8 Å². The van der Waals surface area contributed by atoms with Gasteiger partial charge in [0.2, 0.25) is 5.95 Å². The van der Waals surface area contributed by atoms with E-state index in [1.165, 1.54) is 17.0 Å². The Hall–Kier alpha value is -2.43. The summed E-state index contributed by atoms with van der Waals surface area (Å²) in [6.07, 6.45) is 2.41. The van der Waals surface area contributed by atoms with Crippen molar-refractivity contribution in [3.05, 3.63) is 53.6 Å². The van der Waals surface area contributed by atoms with Gasteiger partial charge in [0.25, 0.3) is 0 Å². The maximum absolute atomic E-state index is 13.5. The van der Waals surface area contributed by atoms with Crippen LogP contribution in [-0.2, 0) is 16.9 Å². The standard InChI is InChI=1S/C21H28FN5O3S/c1-20(2,3)31(30)25-21(4,15-5-7-17(22)8-6-15)16-13-23-18(24-14-16)26-9-11-27(12-10-26)19(28)29/h5-8,13-14,25H,9-12H2,1-4H3,(H,28,29)/t21?,31-/m0/s1. The first-order valence-corrected chi connectivity index (χ1v) is 11.2. The molecule has 3 rings (SSSR count). The molecule has 0 spiro atoms. The van der Waals surface area contributed by atoms with E-state index in [0.29, 0.717) is 37.7 Å². The van der Waals surface area contributed by atoms with Gasteiger partial charge < -0.3 is 19.5 Å². The Morgan fingerprint density at radius 3 is 2.10 bits per heavy atom. The number of halogens is 1. The van der Waals surface area contributed by atoms with E-state index in [4.69, 9.17) is 5.11 Å². The Morgan fingerprint density at radius 1 is 1.06 bits per heavy atom. The van der Waals surface area contributed by atoms with Gasteiger partial charge >= 0.3 is 6.09 Å². The molecule has 1 aromatic heterocycles. The lowest BCUT2D eigenvalue weighted by Gasteiger charge is -2.36. The molecule has 0 aliphatic carbocycles. The summed E-state index contributed by atoms with van der Waals surface area (Å²) in [5.41, 5.74) is 0.509. The third-order valence-corrected chi connectivity index (χ3v) is 7.03. The van der Waals surface area contributed by atoms with Gasteiger partial charge in [0, 0.05) is 55.5 Å². The van der Waals surface area contributed by atoms with Crippen LogP contribution < -0.4 is 9.62 Å². The number of hydrogen-bond donors (Lipinski definition) is 2. The van der Waals surface area contributed by atoms with E-state index in [9.17, 15) is 13.7 Å². The summed E-state index contributed by atoms with van der Waals surface area (Å²) < 4.78 is 29.1. The van der Waals surface area contributed by atoms with Crippen molar-refractivity contribution in [1.29, 1.82) is 0 Å². The summed E-state index contributed by atoms with van der Waals surface area (Å²) >= 11 is -1.40. The molecule has 31 heavy (non-hydrogen) atoms. The lowest BCUT2D eigenvalue weighted by molar-refractivity contribution is 0.142. The molecule has 1 fully saturated rings. The summed E-state index contributed by atoms with van der Waals surface area (Å²) in [6, 6.07) is 6.04. The summed E-state index contributed by atoms with van der Waals surface area (Å²) in [4.78, 5) is 23.4. The number of aromatic nitrogens is 2.